The molecule has 2 aliphatic heterocycles. The summed E-state index contributed by atoms with van der Waals surface area (Å²) in [6.45, 7) is 3.43. The predicted octanol–water partition coefficient (Wildman–Crippen LogP) is 2.07. The molecule has 2 aromatic heterocycles. The van der Waals surface area contributed by atoms with E-state index < -0.39 is 0 Å². The lowest BCUT2D eigenvalue weighted by atomic mass is 9.97. The number of H-pyrrole nitrogens is 1. The van der Waals surface area contributed by atoms with Crippen LogP contribution in [0.2, 0.25) is 0 Å². The summed E-state index contributed by atoms with van der Waals surface area (Å²) in [5.74, 6) is 0.753. The number of imidazole rings is 1. The molecule has 5 rings (SSSR count). The zero-order chi connectivity index (χ0) is 22.1. The monoisotopic (exact) mass is 436 g/mol. The molecule has 0 aliphatic carbocycles. The van der Waals surface area contributed by atoms with E-state index in [1.807, 2.05) is 27.7 Å². The normalized spacial score (nSPS) is 18.8. The summed E-state index contributed by atoms with van der Waals surface area (Å²) in [5.41, 5.74) is 2.25. The third-order valence-corrected chi connectivity index (χ3v) is 6.86. The summed E-state index contributed by atoms with van der Waals surface area (Å²) in [5, 5.41) is 0. The fraction of sp³-hybridized carbons (Fsp3) is 0.478. The lowest BCUT2D eigenvalue weighted by molar-refractivity contribution is 0.0557. The van der Waals surface area contributed by atoms with Crippen molar-refractivity contribution >= 4 is 16.9 Å². The lowest BCUT2D eigenvalue weighted by Gasteiger charge is -2.42. The number of benzene rings is 1. The van der Waals surface area contributed by atoms with Crippen molar-refractivity contribution in [1.82, 2.24) is 29.3 Å². The molecule has 4 heterocycles. The third kappa shape index (κ3) is 3.88. The van der Waals surface area contributed by atoms with Gasteiger partial charge in [-0.3, -0.25) is 9.36 Å². The summed E-state index contributed by atoms with van der Waals surface area (Å²) < 4.78 is 7.19. The molecule has 1 N–H and O–H groups in total. The van der Waals surface area contributed by atoms with Gasteiger partial charge in [-0.2, -0.15) is 0 Å². The topological polar surface area (TPSA) is 96.4 Å². The van der Waals surface area contributed by atoms with Crippen molar-refractivity contribution in [3.8, 4) is 5.75 Å². The first-order valence-electron chi connectivity index (χ1n) is 11.2. The Hall–Kier alpha value is -3.20. The Kier molecular flexibility index (Phi) is 5.65. The quantitative estimate of drug-likeness (QED) is 0.673. The van der Waals surface area contributed by atoms with Crippen LogP contribution in [0.5, 0.6) is 5.75 Å². The minimum atomic E-state index is -0.0524. The number of hydrogen-bond donors (Lipinski definition) is 1. The average molecular weight is 437 g/mol. The van der Waals surface area contributed by atoms with Gasteiger partial charge in [-0.1, -0.05) is 0 Å². The number of carbonyl (C=O) groups excluding carboxylic acids is 1. The van der Waals surface area contributed by atoms with Crippen LogP contribution in [0.15, 0.2) is 41.7 Å². The second-order valence-corrected chi connectivity index (χ2v) is 8.60. The number of aromatic nitrogens is 4. The van der Waals surface area contributed by atoms with Crippen molar-refractivity contribution in [2.24, 2.45) is 0 Å². The number of fused-ring (bicyclic) bond motifs is 1. The Balaban J connectivity index is 1.19. The van der Waals surface area contributed by atoms with E-state index in [-0.39, 0.29) is 17.6 Å². The maximum atomic E-state index is 12.6. The van der Waals surface area contributed by atoms with Crippen molar-refractivity contribution < 1.29 is 9.53 Å². The first-order chi connectivity index (χ1) is 15.6. The molecule has 2 aliphatic rings. The van der Waals surface area contributed by atoms with Crippen molar-refractivity contribution in [3.63, 3.8) is 0 Å². The SMILES string of the molecule is COc1ccc2c(c1)[nH]c(=O)n2C1CCN(C2CCN(C(=O)c3cncnc3)CC2)CC1. The number of nitrogens with one attached hydrogen (secondary N) is 1. The van der Waals surface area contributed by atoms with Crippen LogP contribution in [0.4, 0.5) is 0 Å². The number of ether oxygens (including phenoxy) is 1. The maximum absolute atomic E-state index is 12.6. The van der Waals surface area contributed by atoms with Crippen LogP contribution in [-0.4, -0.2) is 74.6 Å². The van der Waals surface area contributed by atoms with Crippen LogP contribution in [0.25, 0.3) is 11.0 Å². The molecule has 2 saturated heterocycles. The van der Waals surface area contributed by atoms with E-state index in [0.29, 0.717) is 11.6 Å². The molecule has 1 aromatic carbocycles. The van der Waals surface area contributed by atoms with Crippen LogP contribution in [0.1, 0.15) is 42.1 Å². The van der Waals surface area contributed by atoms with Crippen molar-refractivity contribution in [3.05, 3.63) is 53.0 Å². The largest absolute Gasteiger partial charge is 0.497 e. The lowest BCUT2D eigenvalue weighted by Crippen LogP contribution is -2.49. The van der Waals surface area contributed by atoms with E-state index >= 15 is 0 Å². The van der Waals surface area contributed by atoms with E-state index in [0.717, 1.165) is 68.6 Å². The summed E-state index contributed by atoms with van der Waals surface area (Å²) in [6.07, 6.45) is 8.42. The molecule has 0 atom stereocenters. The number of methoxy groups -OCH3 is 1. The van der Waals surface area contributed by atoms with Crippen LogP contribution in [-0.2, 0) is 0 Å². The van der Waals surface area contributed by atoms with Gasteiger partial charge in [-0.25, -0.2) is 14.8 Å². The minimum Gasteiger partial charge on any atom is -0.497 e. The first-order valence-corrected chi connectivity index (χ1v) is 11.2. The van der Waals surface area contributed by atoms with Crippen LogP contribution >= 0.6 is 0 Å². The number of carbonyl (C=O) groups is 1. The second kappa shape index (κ2) is 8.74. The molecule has 0 radical (unpaired) electrons. The molecule has 0 saturated carbocycles. The molecule has 168 valence electrons. The maximum Gasteiger partial charge on any atom is 0.326 e. The average Bonchev–Trinajstić information content (AvgIpc) is 3.19. The molecular formula is C23H28N6O3. The molecule has 0 bridgehead atoms. The predicted molar refractivity (Wildman–Crippen MR) is 120 cm³/mol. The Morgan fingerprint density at radius 1 is 1.03 bits per heavy atom. The molecule has 0 spiro atoms. The molecule has 0 unspecified atom stereocenters. The Morgan fingerprint density at radius 2 is 1.72 bits per heavy atom. The van der Waals surface area contributed by atoms with Gasteiger partial charge in [0.05, 0.1) is 23.7 Å². The van der Waals surface area contributed by atoms with Crippen LogP contribution < -0.4 is 10.4 Å². The van der Waals surface area contributed by atoms with Gasteiger partial charge in [0, 0.05) is 56.7 Å². The third-order valence-electron chi connectivity index (χ3n) is 6.86. The number of hydrogen-bond acceptors (Lipinski definition) is 6. The van der Waals surface area contributed by atoms with E-state index in [2.05, 4.69) is 19.9 Å². The summed E-state index contributed by atoms with van der Waals surface area (Å²) >= 11 is 0. The van der Waals surface area contributed by atoms with Gasteiger partial charge in [0.1, 0.15) is 12.1 Å². The van der Waals surface area contributed by atoms with E-state index in [4.69, 9.17) is 4.74 Å². The highest BCUT2D eigenvalue weighted by atomic mass is 16.5. The number of amides is 1. The first kappa shape index (κ1) is 20.7. The van der Waals surface area contributed by atoms with Gasteiger partial charge >= 0.3 is 5.69 Å². The van der Waals surface area contributed by atoms with Gasteiger partial charge in [0.2, 0.25) is 0 Å². The summed E-state index contributed by atoms with van der Waals surface area (Å²) in [7, 11) is 1.63. The minimum absolute atomic E-state index is 0.0121. The van der Waals surface area contributed by atoms with E-state index in [1.165, 1.54) is 6.33 Å². The van der Waals surface area contributed by atoms with E-state index in [1.54, 1.807) is 19.5 Å². The van der Waals surface area contributed by atoms with Gasteiger partial charge in [-0.05, 0) is 37.8 Å². The molecule has 1 amide bonds. The number of aromatic amines is 1. The molecule has 2 fully saturated rings. The highest BCUT2D eigenvalue weighted by Gasteiger charge is 2.31. The van der Waals surface area contributed by atoms with Crippen molar-refractivity contribution in [2.45, 2.75) is 37.8 Å². The zero-order valence-corrected chi connectivity index (χ0v) is 18.2. The van der Waals surface area contributed by atoms with Crippen molar-refractivity contribution in [1.29, 1.82) is 0 Å². The molecule has 9 heteroatoms. The Bertz CT molecular complexity index is 1140. The molecular weight excluding hydrogens is 408 g/mol. The second-order valence-electron chi connectivity index (χ2n) is 8.60. The van der Waals surface area contributed by atoms with Gasteiger partial charge in [-0.15, -0.1) is 0 Å². The zero-order valence-electron chi connectivity index (χ0n) is 18.2. The smallest absolute Gasteiger partial charge is 0.326 e. The number of nitrogens with zero attached hydrogens (tertiary/aromatic N) is 5. The number of likely N-dealkylation sites (tertiary alicyclic amines) is 2. The van der Waals surface area contributed by atoms with Gasteiger partial charge in [0.15, 0.2) is 0 Å². The van der Waals surface area contributed by atoms with E-state index in [9.17, 15) is 9.59 Å². The number of rotatable bonds is 4. The standard InChI is InChI=1S/C23H28N6O3/c1-32-19-2-3-21-20(12-19)26-23(31)29(21)18-6-8-27(9-7-18)17-4-10-28(11-5-17)22(30)16-13-24-15-25-14-16/h2-3,12-15,17-18H,4-11H2,1H3,(H,26,31). The number of piperidine rings is 2. The molecule has 9 nitrogen and oxygen atoms in total. The van der Waals surface area contributed by atoms with Crippen molar-refractivity contribution in [2.75, 3.05) is 33.3 Å². The molecule has 3 aromatic rings. The highest BCUT2D eigenvalue weighted by molar-refractivity contribution is 5.93. The summed E-state index contributed by atoms with van der Waals surface area (Å²) in [4.78, 5) is 40.6. The highest BCUT2D eigenvalue weighted by Crippen LogP contribution is 2.29. The van der Waals surface area contributed by atoms with Crippen LogP contribution in [0.3, 0.4) is 0 Å². The molecule has 32 heavy (non-hydrogen) atoms. The summed E-state index contributed by atoms with van der Waals surface area (Å²) in [6, 6.07) is 6.41. The fourth-order valence-corrected chi connectivity index (χ4v) is 5.14. The van der Waals surface area contributed by atoms with Gasteiger partial charge < -0.3 is 19.5 Å². The van der Waals surface area contributed by atoms with Gasteiger partial charge in [0.25, 0.3) is 5.91 Å². The Morgan fingerprint density at radius 3 is 2.41 bits per heavy atom. The fourth-order valence-electron chi connectivity index (χ4n) is 5.14. The Labute approximate surface area is 186 Å². The van der Waals surface area contributed by atoms with Crippen LogP contribution in [0, 0.1) is 0 Å².